The number of aromatic nitrogens is 3. The Labute approximate surface area is 147 Å². The van der Waals surface area contributed by atoms with E-state index in [-0.39, 0.29) is 11.9 Å². The lowest BCUT2D eigenvalue weighted by molar-refractivity contribution is -0.119. The number of carbonyl (C=O) groups excluding carboxylic acids is 1. The monoisotopic (exact) mass is 348 g/mol. The number of rotatable bonds is 7. The fraction of sp³-hybridized carbons (Fsp3) is 0.471. The first-order chi connectivity index (χ1) is 11.4. The number of nitrogens with zero attached hydrogens (tertiary/aromatic N) is 3. The standard InChI is InChI=1S/C17H24N4O2S/c1-11(2)12(3)18-15(22)10-24-17-20-19-16(21(17)4)13-6-8-14(23-5)9-7-13/h6-9,11-12H,10H2,1-5H3,(H,18,22). The smallest absolute Gasteiger partial charge is 0.230 e. The fourth-order valence-electron chi connectivity index (χ4n) is 2.02. The van der Waals surface area contributed by atoms with Crippen LogP contribution in [-0.2, 0) is 11.8 Å². The Morgan fingerprint density at radius 1 is 1.25 bits per heavy atom. The number of thioether (sulfide) groups is 1. The number of methoxy groups -OCH3 is 1. The highest BCUT2D eigenvalue weighted by Gasteiger charge is 2.15. The van der Waals surface area contributed by atoms with Crippen LogP contribution >= 0.6 is 11.8 Å². The molecule has 0 spiro atoms. The fourth-order valence-corrected chi connectivity index (χ4v) is 2.75. The SMILES string of the molecule is COc1ccc(-c2nnc(SCC(=O)NC(C)C(C)C)n2C)cc1. The van der Waals surface area contributed by atoms with E-state index < -0.39 is 0 Å². The number of nitrogens with one attached hydrogen (secondary N) is 1. The minimum absolute atomic E-state index is 0.00944. The zero-order valence-electron chi connectivity index (χ0n) is 14.7. The Balaban J connectivity index is 2.00. The van der Waals surface area contributed by atoms with Crippen molar-refractivity contribution >= 4 is 17.7 Å². The lowest BCUT2D eigenvalue weighted by Crippen LogP contribution is -2.37. The Bertz CT molecular complexity index is 682. The third-order valence-electron chi connectivity index (χ3n) is 3.90. The predicted molar refractivity (Wildman–Crippen MR) is 96.2 cm³/mol. The molecule has 24 heavy (non-hydrogen) atoms. The molecule has 0 bridgehead atoms. The van der Waals surface area contributed by atoms with Crippen molar-refractivity contribution in [3.63, 3.8) is 0 Å². The highest BCUT2D eigenvalue weighted by atomic mass is 32.2. The minimum atomic E-state index is 0.00944. The first-order valence-electron chi connectivity index (χ1n) is 7.88. The van der Waals surface area contributed by atoms with Crippen molar-refractivity contribution in [1.29, 1.82) is 0 Å². The van der Waals surface area contributed by atoms with Gasteiger partial charge in [0.15, 0.2) is 11.0 Å². The van der Waals surface area contributed by atoms with E-state index in [1.807, 2.05) is 42.8 Å². The van der Waals surface area contributed by atoms with E-state index in [0.29, 0.717) is 16.8 Å². The van der Waals surface area contributed by atoms with Gasteiger partial charge in [0.1, 0.15) is 5.75 Å². The quantitative estimate of drug-likeness (QED) is 0.779. The number of amides is 1. The molecule has 1 atom stereocenters. The van der Waals surface area contributed by atoms with E-state index in [9.17, 15) is 4.79 Å². The minimum Gasteiger partial charge on any atom is -0.497 e. The van der Waals surface area contributed by atoms with E-state index in [0.717, 1.165) is 17.1 Å². The second-order valence-electron chi connectivity index (χ2n) is 5.98. The highest BCUT2D eigenvalue weighted by Crippen LogP contribution is 2.24. The maximum atomic E-state index is 12.0. The molecule has 0 saturated carbocycles. The summed E-state index contributed by atoms with van der Waals surface area (Å²) in [7, 11) is 3.54. The van der Waals surface area contributed by atoms with Crippen molar-refractivity contribution in [2.75, 3.05) is 12.9 Å². The summed E-state index contributed by atoms with van der Waals surface area (Å²) in [6.45, 7) is 6.18. The Morgan fingerprint density at radius 3 is 2.50 bits per heavy atom. The van der Waals surface area contributed by atoms with Crippen molar-refractivity contribution < 1.29 is 9.53 Å². The second-order valence-corrected chi connectivity index (χ2v) is 6.93. The Hall–Kier alpha value is -2.02. The van der Waals surface area contributed by atoms with Crippen LogP contribution in [0.1, 0.15) is 20.8 Å². The van der Waals surface area contributed by atoms with Gasteiger partial charge >= 0.3 is 0 Å². The molecule has 0 radical (unpaired) electrons. The first kappa shape index (κ1) is 18.3. The van der Waals surface area contributed by atoms with Crippen molar-refractivity contribution in [1.82, 2.24) is 20.1 Å². The third-order valence-corrected chi connectivity index (χ3v) is 4.92. The molecule has 0 aliphatic carbocycles. The van der Waals surface area contributed by atoms with Crippen molar-refractivity contribution in [3.8, 4) is 17.1 Å². The van der Waals surface area contributed by atoms with Crippen LogP contribution in [0.3, 0.4) is 0 Å². The van der Waals surface area contributed by atoms with Gasteiger partial charge in [-0.2, -0.15) is 0 Å². The van der Waals surface area contributed by atoms with Gasteiger partial charge in [-0.15, -0.1) is 10.2 Å². The van der Waals surface area contributed by atoms with Gasteiger partial charge in [-0.05, 0) is 37.1 Å². The molecule has 0 aliphatic rings. The van der Waals surface area contributed by atoms with Gasteiger partial charge in [-0.25, -0.2) is 0 Å². The van der Waals surface area contributed by atoms with Gasteiger partial charge in [0.25, 0.3) is 0 Å². The number of hydrogen-bond donors (Lipinski definition) is 1. The molecule has 7 heteroatoms. The second kappa shape index (κ2) is 8.19. The zero-order valence-corrected chi connectivity index (χ0v) is 15.6. The van der Waals surface area contributed by atoms with Gasteiger partial charge < -0.3 is 14.6 Å². The third kappa shape index (κ3) is 4.50. The van der Waals surface area contributed by atoms with Crippen molar-refractivity contribution in [2.45, 2.75) is 32.0 Å². The van der Waals surface area contributed by atoms with Crippen LogP contribution in [0.2, 0.25) is 0 Å². The van der Waals surface area contributed by atoms with Crippen molar-refractivity contribution in [3.05, 3.63) is 24.3 Å². The summed E-state index contributed by atoms with van der Waals surface area (Å²) < 4.78 is 7.06. The van der Waals surface area contributed by atoms with Crippen LogP contribution in [0.25, 0.3) is 11.4 Å². The summed E-state index contributed by atoms with van der Waals surface area (Å²) in [6.07, 6.45) is 0. The molecule has 2 aromatic rings. The van der Waals surface area contributed by atoms with Gasteiger partial charge in [0, 0.05) is 18.7 Å². The van der Waals surface area contributed by atoms with Crippen LogP contribution in [0.4, 0.5) is 0 Å². The van der Waals surface area contributed by atoms with E-state index >= 15 is 0 Å². The molecule has 130 valence electrons. The molecule has 0 saturated heterocycles. The van der Waals surface area contributed by atoms with Crippen LogP contribution in [-0.4, -0.2) is 39.6 Å². The molecular formula is C17H24N4O2S. The largest absolute Gasteiger partial charge is 0.497 e. The lowest BCUT2D eigenvalue weighted by Gasteiger charge is -2.17. The summed E-state index contributed by atoms with van der Waals surface area (Å²) in [6, 6.07) is 7.81. The van der Waals surface area contributed by atoms with Crippen LogP contribution in [0.5, 0.6) is 5.75 Å². The Kier molecular flexibility index (Phi) is 6.25. The average Bonchev–Trinajstić information content (AvgIpc) is 2.93. The summed E-state index contributed by atoms with van der Waals surface area (Å²) in [5, 5.41) is 12.1. The number of hydrogen-bond acceptors (Lipinski definition) is 5. The summed E-state index contributed by atoms with van der Waals surface area (Å²) in [5.74, 6) is 2.30. The Morgan fingerprint density at radius 2 is 1.92 bits per heavy atom. The number of benzene rings is 1. The molecule has 2 rings (SSSR count). The normalized spacial score (nSPS) is 12.2. The zero-order chi connectivity index (χ0) is 17.7. The topological polar surface area (TPSA) is 69.0 Å². The molecule has 1 aromatic carbocycles. The lowest BCUT2D eigenvalue weighted by atomic mass is 10.1. The molecule has 0 aliphatic heterocycles. The summed E-state index contributed by atoms with van der Waals surface area (Å²) in [4.78, 5) is 12.0. The van der Waals surface area contributed by atoms with Crippen LogP contribution in [0, 0.1) is 5.92 Å². The van der Waals surface area contributed by atoms with Gasteiger partial charge in [-0.3, -0.25) is 4.79 Å². The van der Waals surface area contributed by atoms with Gasteiger partial charge in [0.05, 0.1) is 12.9 Å². The van der Waals surface area contributed by atoms with Gasteiger partial charge in [-0.1, -0.05) is 25.6 Å². The van der Waals surface area contributed by atoms with Crippen molar-refractivity contribution in [2.24, 2.45) is 13.0 Å². The molecular weight excluding hydrogens is 324 g/mol. The van der Waals surface area contributed by atoms with Crippen LogP contribution in [0.15, 0.2) is 29.4 Å². The highest BCUT2D eigenvalue weighted by molar-refractivity contribution is 7.99. The molecule has 1 unspecified atom stereocenters. The maximum absolute atomic E-state index is 12.0. The van der Waals surface area contributed by atoms with E-state index in [4.69, 9.17) is 4.74 Å². The molecule has 6 nitrogen and oxygen atoms in total. The first-order valence-corrected chi connectivity index (χ1v) is 8.87. The summed E-state index contributed by atoms with van der Waals surface area (Å²) >= 11 is 1.38. The van der Waals surface area contributed by atoms with Gasteiger partial charge in [0.2, 0.25) is 5.91 Å². The van der Waals surface area contributed by atoms with E-state index in [1.54, 1.807) is 7.11 Å². The van der Waals surface area contributed by atoms with Crippen LogP contribution < -0.4 is 10.1 Å². The molecule has 0 fully saturated rings. The molecule has 1 N–H and O–H groups in total. The average molecular weight is 348 g/mol. The number of ether oxygens (including phenoxy) is 1. The maximum Gasteiger partial charge on any atom is 0.230 e. The number of carbonyl (C=O) groups is 1. The molecule has 1 amide bonds. The van der Waals surface area contributed by atoms with E-state index in [2.05, 4.69) is 29.4 Å². The van der Waals surface area contributed by atoms with E-state index in [1.165, 1.54) is 11.8 Å². The molecule has 1 heterocycles. The summed E-state index contributed by atoms with van der Waals surface area (Å²) in [5.41, 5.74) is 0.954. The molecule has 1 aromatic heterocycles. The predicted octanol–water partition coefficient (Wildman–Crippen LogP) is 2.74.